The van der Waals surface area contributed by atoms with Crippen LogP contribution >= 0.6 is 0 Å². The molecule has 2 heterocycles. The fraction of sp³-hybridized carbons (Fsp3) is 0.368. The van der Waals surface area contributed by atoms with Gasteiger partial charge < -0.3 is 9.88 Å². The van der Waals surface area contributed by atoms with Crippen LogP contribution in [-0.2, 0) is 12.8 Å². The van der Waals surface area contributed by atoms with Gasteiger partial charge in [-0.2, -0.15) is 0 Å². The monoisotopic (exact) mass is 308 g/mol. The molecular formula is C19H20N2O2. The SMILES string of the molecule is Cc1c(C(=O)N2CCCc3ccccc32)[nH]c2c1C(=O)CCC2. The number of aromatic amines is 1. The van der Waals surface area contributed by atoms with E-state index in [1.54, 1.807) is 0 Å². The Morgan fingerprint density at radius 1 is 1.13 bits per heavy atom. The highest BCUT2D eigenvalue weighted by atomic mass is 16.2. The Bertz CT molecular complexity index is 804. The van der Waals surface area contributed by atoms with Crippen LogP contribution in [0.3, 0.4) is 0 Å². The summed E-state index contributed by atoms with van der Waals surface area (Å²) in [6.45, 7) is 2.62. The average Bonchev–Trinajstić information content (AvgIpc) is 2.92. The molecule has 23 heavy (non-hydrogen) atoms. The van der Waals surface area contributed by atoms with Crippen molar-refractivity contribution in [1.29, 1.82) is 0 Å². The third kappa shape index (κ3) is 2.21. The normalized spacial score (nSPS) is 16.9. The van der Waals surface area contributed by atoms with Crippen molar-refractivity contribution in [3.8, 4) is 0 Å². The lowest BCUT2D eigenvalue weighted by Crippen LogP contribution is -2.36. The number of rotatable bonds is 1. The molecule has 0 unspecified atom stereocenters. The smallest absolute Gasteiger partial charge is 0.274 e. The minimum Gasteiger partial charge on any atom is -0.354 e. The van der Waals surface area contributed by atoms with Crippen molar-refractivity contribution >= 4 is 17.4 Å². The number of hydrogen-bond acceptors (Lipinski definition) is 2. The minimum atomic E-state index is -0.0168. The standard InChI is InChI=1S/C19H20N2O2/c1-12-17-14(8-4-10-16(17)22)20-18(12)19(23)21-11-5-7-13-6-2-3-9-15(13)21/h2-3,6,9,20H,4-5,7-8,10-11H2,1H3. The summed E-state index contributed by atoms with van der Waals surface area (Å²) in [5, 5.41) is 0. The maximum atomic E-state index is 13.1. The predicted octanol–water partition coefficient (Wildman–Crippen LogP) is 3.44. The van der Waals surface area contributed by atoms with E-state index in [4.69, 9.17) is 0 Å². The largest absolute Gasteiger partial charge is 0.354 e. The third-order valence-corrected chi connectivity index (χ3v) is 5.01. The summed E-state index contributed by atoms with van der Waals surface area (Å²) < 4.78 is 0. The van der Waals surface area contributed by atoms with Gasteiger partial charge in [-0.3, -0.25) is 9.59 Å². The second kappa shape index (κ2) is 5.37. The van der Waals surface area contributed by atoms with Crippen LogP contribution in [-0.4, -0.2) is 23.2 Å². The summed E-state index contributed by atoms with van der Waals surface area (Å²) in [5.74, 6) is 0.148. The van der Waals surface area contributed by atoms with Gasteiger partial charge in [0, 0.05) is 29.9 Å². The molecule has 0 bridgehead atoms. The first-order valence-electron chi connectivity index (χ1n) is 8.31. The number of Topliss-reactive ketones (excluding diaryl/α,β-unsaturated/α-hetero) is 1. The first kappa shape index (κ1) is 14.2. The Morgan fingerprint density at radius 3 is 2.78 bits per heavy atom. The van der Waals surface area contributed by atoms with Crippen LogP contribution in [0.5, 0.6) is 0 Å². The fourth-order valence-corrected chi connectivity index (χ4v) is 3.87. The Balaban J connectivity index is 1.75. The fourth-order valence-electron chi connectivity index (χ4n) is 3.87. The van der Waals surface area contributed by atoms with Gasteiger partial charge in [0.15, 0.2) is 5.78 Å². The molecule has 4 rings (SSSR count). The van der Waals surface area contributed by atoms with E-state index >= 15 is 0 Å². The molecular weight excluding hydrogens is 288 g/mol. The van der Waals surface area contributed by atoms with Gasteiger partial charge in [-0.25, -0.2) is 0 Å². The van der Waals surface area contributed by atoms with Gasteiger partial charge in [0.05, 0.1) is 0 Å². The van der Waals surface area contributed by atoms with Gasteiger partial charge in [-0.1, -0.05) is 18.2 Å². The number of fused-ring (bicyclic) bond motifs is 2. The second-order valence-corrected chi connectivity index (χ2v) is 6.44. The van der Waals surface area contributed by atoms with E-state index in [-0.39, 0.29) is 11.7 Å². The van der Waals surface area contributed by atoms with E-state index in [9.17, 15) is 9.59 Å². The van der Waals surface area contributed by atoms with Crippen LogP contribution in [0.15, 0.2) is 24.3 Å². The Hall–Kier alpha value is -2.36. The number of amides is 1. The Morgan fingerprint density at radius 2 is 1.96 bits per heavy atom. The molecule has 4 nitrogen and oxygen atoms in total. The summed E-state index contributed by atoms with van der Waals surface area (Å²) in [5.41, 5.74) is 5.32. The number of benzene rings is 1. The van der Waals surface area contributed by atoms with Crippen molar-refractivity contribution in [2.45, 2.75) is 39.0 Å². The highest BCUT2D eigenvalue weighted by Crippen LogP contribution is 2.31. The molecule has 0 fully saturated rings. The topological polar surface area (TPSA) is 53.2 Å². The van der Waals surface area contributed by atoms with E-state index in [1.165, 1.54) is 5.56 Å². The summed E-state index contributed by atoms with van der Waals surface area (Å²) in [4.78, 5) is 30.4. The molecule has 1 aliphatic carbocycles. The zero-order valence-electron chi connectivity index (χ0n) is 13.3. The van der Waals surface area contributed by atoms with E-state index in [0.29, 0.717) is 12.1 Å². The van der Waals surface area contributed by atoms with Gasteiger partial charge in [0.1, 0.15) is 5.69 Å². The number of carbonyl (C=O) groups is 2. The van der Waals surface area contributed by atoms with E-state index in [0.717, 1.165) is 54.7 Å². The van der Waals surface area contributed by atoms with Crippen LogP contribution < -0.4 is 4.90 Å². The number of aromatic nitrogens is 1. The van der Waals surface area contributed by atoms with Gasteiger partial charge in [-0.05, 0) is 49.8 Å². The summed E-state index contributed by atoms with van der Waals surface area (Å²) >= 11 is 0. The number of H-pyrrole nitrogens is 1. The van der Waals surface area contributed by atoms with Crippen molar-refractivity contribution in [2.75, 3.05) is 11.4 Å². The van der Waals surface area contributed by atoms with Crippen molar-refractivity contribution in [3.63, 3.8) is 0 Å². The molecule has 1 N–H and O–H groups in total. The van der Waals surface area contributed by atoms with Crippen LogP contribution in [0, 0.1) is 6.92 Å². The Labute approximate surface area is 135 Å². The number of nitrogens with zero attached hydrogens (tertiary/aromatic N) is 1. The number of para-hydroxylation sites is 1. The molecule has 0 saturated heterocycles. The molecule has 0 spiro atoms. The van der Waals surface area contributed by atoms with Crippen molar-refractivity contribution in [2.24, 2.45) is 0 Å². The molecule has 4 heteroatoms. The predicted molar refractivity (Wildman–Crippen MR) is 89.2 cm³/mol. The second-order valence-electron chi connectivity index (χ2n) is 6.44. The summed E-state index contributed by atoms with van der Waals surface area (Å²) in [6, 6.07) is 8.09. The molecule has 1 aromatic carbocycles. The number of hydrogen-bond donors (Lipinski definition) is 1. The Kier molecular flexibility index (Phi) is 3.33. The maximum absolute atomic E-state index is 13.1. The lowest BCUT2D eigenvalue weighted by atomic mass is 9.93. The van der Waals surface area contributed by atoms with Crippen LogP contribution in [0.2, 0.25) is 0 Å². The average molecular weight is 308 g/mol. The van der Waals surface area contributed by atoms with Gasteiger partial charge >= 0.3 is 0 Å². The number of carbonyl (C=O) groups excluding carboxylic acids is 2. The van der Waals surface area contributed by atoms with Crippen molar-refractivity contribution < 1.29 is 9.59 Å². The van der Waals surface area contributed by atoms with E-state index in [1.807, 2.05) is 30.0 Å². The molecule has 2 aliphatic rings. The molecule has 2 aromatic rings. The first-order valence-corrected chi connectivity index (χ1v) is 8.31. The zero-order chi connectivity index (χ0) is 16.0. The highest BCUT2D eigenvalue weighted by molar-refractivity contribution is 6.10. The van der Waals surface area contributed by atoms with Crippen LogP contribution in [0.25, 0.3) is 0 Å². The van der Waals surface area contributed by atoms with Crippen LogP contribution in [0.4, 0.5) is 5.69 Å². The highest BCUT2D eigenvalue weighted by Gasteiger charge is 2.30. The summed E-state index contributed by atoms with van der Waals surface area (Å²) in [7, 11) is 0. The molecule has 118 valence electrons. The van der Waals surface area contributed by atoms with Crippen molar-refractivity contribution in [3.05, 3.63) is 52.3 Å². The van der Waals surface area contributed by atoms with Crippen LogP contribution in [0.1, 0.15) is 56.9 Å². The van der Waals surface area contributed by atoms with E-state index in [2.05, 4.69) is 11.1 Å². The number of anilines is 1. The van der Waals surface area contributed by atoms with Crippen molar-refractivity contribution in [1.82, 2.24) is 4.98 Å². The lowest BCUT2D eigenvalue weighted by molar-refractivity contribution is 0.0969. The molecule has 1 aliphatic heterocycles. The molecule has 0 radical (unpaired) electrons. The number of aryl methyl sites for hydroxylation is 2. The molecule has 1 aromatic heterocycles. The number of ketones is 1. The molecule has 1 amide bonds. The van der Waals surface area contributed by atoms with Gasteiger partial charge in [-0.15, -0.1) is 0 Å². The maximum Gasteiger partial charge on any atom is 0.274 e. The minimum absolute atomic E-state index is 0.0168. The molecule has 0 atom stereocenters. The molecule has 0 saturated carbocycles. The van der Waals surface area contributed by atoms with Gasteiger partial charge in [0.25, 0.3) is 5.91 Å². The number of nitrogens with one attached hydrogen (secondary N) is 1. The third-order valence-electron chi connectivity index (χ3n) is 5.01. The zero-order valence-corrected chi connectivity index (χ0v) is 13.3. The summed E-state index contributed by atoms with van der Waals surface area (Å²) in [6.07, 6.45) is 4.30. The first-order chi connectivity index (χ1) is 11.2. The van der Waals surface area contributed by atoms with E-state index < -0.39 is 0 Å². The van der Waals surface area contributed by atoms with Gasteiger partial charge in [0.2, 0.25) is 0 Å². The lowest BCUT2D eigenvalue weighted by Gasteiger charge is -2.29. The quantitative estimate of drug-likeness (QED) is 0.877.